The number of benzene rings is 1. The Bertz CT molecular complexity index is 999. The molecule has 0 bridgehead atoms. The van der Waals surface area contributed by atoms with Crippen molar-refractivity contribution in [3.05, 3.63) is 57.3 Å². The van der Waals surface area contributed by atoms with Gasteiger partial charge in [0.2, 0.25) is 5.95 Å². The molecule has 0 aliphatic heterocycles. The van der Waals surface area contributed by atoms with Gasteiger partial charge >= 0.3 is 0 Å². The van der Waals surface area contributed by atoms with Gasteiger partial charge in [-0.1, -0.05) is 11.6 Å². The van der Waals surface area contributed by atoms with Crippen LogP contribution in [0.25, 0.3) is 0 Å². The van der Waals surface area contributed by atoms with E-state index in [-0.39, 0.29) is 10.8 Å². The Morgan fingerprint density at radius 1 is 1.12 bits per heavy atom. The van der Waals surface area contributed by atoms with Crippen molar-refractivity contribution in [2.45, 2.75) is 25.3 Å². The zero-order valence-electron chi connectivity index (χ0n) is 14.0. The molecule has 7 nitrogen and oxygen atoms in total. The molecule has 136 valence electrons. The monoisotopic (exact) mass is 409 g/mol. The van der Waals surface area contributed by atoms with Gasteiger partial charge in [0.15, 0.2) is 4.47 Å². The third-order valence-electron chi connectivity index (χ3n) is 3.36. The molecule has 2 N–H and O–H groups in total. The zero-order chi connectivity index (χ0) is 18.7. The summed E-state index contributed by atoms with van der Waals surface area (Å²) in [6.45, 7) is 4.12. The smallest absolute Gasteiger partial charge is 0.264 e. The molecular weight excluding hydrogens is 394 g/mol. The summed E-state index contributed by atoms with van der Waals surface area (Å²) in [6, 6.07) is 8.20. The van der Waals surface area contributed by atoms with Crippen LogP contribution in [0, 0.1) is 13.8 Å². The van der Waals surface area contributed by atoms with Gasteiger partial charge in [-0.15, -0.1) is 11.3 Å². The number of halogens is 1. The second-order valence-electron chi connectivity index (χ2n) is 5.54. The number of hydrogen-bond donors (Lipinski definition) is 2. The maximum absolute atomic E-state index is 12.5. The molecule has 2 heterocycles. The van der Waals surface area contributed by atoms with Gasteiger partial charge in [-0.3, -0.25) is 0 Å². The van der Waals surface area contributed by atoms with Gasteiger partial charge in [0.05, 0.1) is 11.4 Å². The Morgan fingerprint density at radius 3 is 2.35 bits per heavy atom. The minimum atomic E-state index is -3.76. The topological polar surface area (TPSA) is 96.9 Å². The molecule has 3 aromatic rings. The van der Waals surface area contributed by atoms with Crippen LogP contribution in [0.3, 0.4) is 0 Å². The van der Waals surface area contributed by atoms with Gasteiger partial charge in [-0.05, 0) is 44.2 Å². The predicted molar refractivity (Wildman–Crippen MR) is 103 cm³/mol. The molecule has 0 spiro atoms. The molecular formula is C16H16ClN5O2S2. The lowest BCUT2D eigenvalue weighted by Gasteiger charge is -2.09. The highest BCUT2D eigenvalue weighted by Crippen LogP contribution is 2.20. The van der Waals surface area contributed by atoms with E-state index < -0.39 is 10.0 Å². The van der Waals surface area contributed by atoms with Gasteiger partial charge in [0.1, 0.15) is 0 Å². The Labute approximate surface area is 160 Å². The van der Waals surface area contributed by atoms with Crippen LogP contribution in [0.2, 0.25) is 4.47 Å². The number of thiazole rings is 1. The maximum atomic E-state index is 12.5. The van der Waals surface area contributed by atoms with Crippen molar-refractivity contribution in [3.63, 3.8) is 0 Å². The number of sulfonamides is 1. The van der Waals surface area contributed by atoms with Crippen molar-refractivity contribution in [1.82, 2.24) is 15.0 Å². The molecule has 0 fully saturated rings. The summed E-state index contributed by atoms with van der Waals surface area (Å²) in [6.07, 6.45) is 1.70. The Kier molecular flexibility index (Phi) is 5.40. The fourth-order valence-electron chi connectivity index (χ4n) is 2.26. The normalized spacial score (nSPS) is 11.3. The molecule has 3 rings (SSSR count). The van der Waals surface area contributed by atoms with Crippen molar-refractivity contribution < 1.29 is 8.42 Å². The van der Waals surface area contributed by atoms with Crippen LogP contribution in [0.4, 0.5) is 11.6 Å². The molecule has 1 aromatic carbocycles. The average molecular weight is 410 g/mol. The van der Waals surface area contributed by atoms with Crippen LogP contribution in [0.1, 0.15) is 16.3 Å². The summed E-state index contributed by atoms with van der Waals surface area (Å²) in [5.41, 5.74) is 2.17. The van der Waals surface area contributed by atoms with Gasteiger partial charge in [-0.25, -0.2) is 28.1 Å². The molecule has 2 aromatic heterocycles. The van der Waals surface area contributed by atoms with Crippen LogP contribution >= 0.6 is 22.9 Å². The fraction of sp³-hybridized carbons (Fsp3) is 0.188. The van der Waals surface area contributed by atoms with Crippen LogP contribution in [-0.2, 0) is 16.6 Å². The van der Waals surface area contributed by atoms with E-state index in [9.17, 15) is 8.42 Å². The van der Waals surface area contributed by atoms with E-state index in [4.69, 9.17) is 11.6 Å². The lowest BCUT2D eigenvalue weighted by Crippen LogP contribution is -2.15. The summed E-state index contributed by atoms with van der Waals surface area (Å²) >= 11 is 7.18. The van der Waals surface area contributed by atoms with Gasteiger partial charge in [0, 0.05) is 28.1 Å². The number of rotatable bonds is 6. The van der Waals surface area contributed by atoms with Gasteiger partial charge in [0.25, 0.3) is 10.0 Å². The maximum Gasteiger partial charge on any atom is 0.264 e. The van der Waals surface area contributed by atoms with Crippen molar-refractivity contribution in [2.24, 2.45) is 0 Å². The van der Waals surface area contributed by atoms with E-state index in [2.05, 4.69) is 25.0 Å². The van der Waals surface area contributed by atoms with Crippen LogP contribution in [-0.4, -0.2) is 23.4 Å². The van der Waals surface area contributed by atoms with Gasteiger partial charge < -0.3 is 5.32 Å². The van der Waals surface area contributed by atoms with E-state index in [0.29, 0.717) is 22.4 Å². The first-order valence-electron chi connectivity index (χ1n) is 7.61. The quantitative estimate of drug-likeness (QED) is 0.645. The lowest BCUT2D eigenvalue weighted by molar-refractivity contribution is 0.601. The Balaban J connectivity index is 1.70. The predicted octanol–water partition coefficient (Wildman–Crippen LogP) is 3.62. The molecule has 10 heteroatoms. The summed E-state index contributed by atoms with van der Waals surface area (Å²) in [5.74, 6) is 0.0618. The van der Waals surface area contributed by atoms with Crippen molar-refractivity contribution in [2.75, 3.05) is 10.0 Å². The number of aromatic nitrogens is 3. The number of nitrogens with one attached hydrogen (secondary N) is 2. The van der Waals surface area contributed by atoms with E-state index in [1.165, 1.54) is 23.5 Å². The number of aryl methyl sites for hydroxylation is 2. The standard InChI is InChI=1S/C16H16ClN5O2S2/c1-10-7-11(2)21-16(20-10)22-26(23,24)14-5-3-12(4-6-14)18-8-13-9-19-15(17)25-13/h3-7,9,18H,8H2,1-2H3,(H,20,21,22). The Hall–Kier alpha value is -2.23. The Morgan fingerprint density at radius 2 is 1.77 bits per heavy atom. The van der Waals surface area contributed by atoms with Crippen molar-refractivity contribution >= 4 is 44.6 Å². The van der Waals surface area contributed by atoms with Crippen LogP contribution in [0.15, 0.2) is 41.4 Å². The lowest BCUT2D eigenvalue weighted by atomic mass is 10.3. The molecule has 0 radical (unpaired) electrons. The third-order valence-corrected chi connectivity index (χ3v) is 5.82. The van der Waals surface area contributed by atoms with Crippen molar-refractivity contribution in [1.29, 1.82) is 0 Å². The summed E-state index contributed by atoms with van der Waals surface area (Å²) < 4.78 is 27.9. The summed E-state index contributed by atoms with van der Waals surface area (Å²) in [5, 5.41) is 3.19. The van der Waals surface area contributed by atoms with E-state index in [1.807, 2.05) is 0 Å². The van der Waals surface area contributed by atoms with E-state index in [1.54, 1.807) is 38.2 Å². The first-order chi connectivity index (χ1) is 12.3. The number of hydrogen-bond acceptors (Lipinski definition) is 7. The minimum Gasteiger partial charge on any atom is -0.380 e. The molecule has 0 unspecified atom stereocenters. The summed E-state index contributed by atoms with van der Waals surface area (Å²) in [4.78, 5) is 13.3. The molecule has 0 saturated heterocycles. The third kappa shape index (κ3) is 4.69. The molecule has 0 saturated carbocycles. The fourth-order valence-corrected chi connectivity index (χ4v) is 4.12. The van der Waals surface area contributed by atoms with Crippen molar-refractivity contribution in [3.8, 4) is 0 Å². The highest BCUT2D eigenvalue weighted by atomic mass is 35.5. The second kappa shape index (κ2) is 7.56. The first-order valence-corrected chi connectivity index (χ1v) is 10.3. The van der Waals surface area contributed by atoms with E-state index >= 15 is 0 Å². The highest BCUT2D eigenvalue weighted by molar-refractivity contribution is 7.92. The highest BCUT2D eigenvalue weighted by Gasteiger charge is 2.16. The second-order valence-corrected chi connectivity index (χ2v) is 8.92. The summed E-state index contributed by atoms with van der Waals surface area (Å²) in [7, 11) is -3.76. The SMILES string of the molecule is Cc1cc(C)nc(NS(=O)(=O)c2ccc(NCc3cnc(Cl)s3)cc2)n1. The molecule has 0 aliphatic carbocycles. The van der Waals surface area contributed by atoms with Crippen LogP contribution < -0.4 is 10.0 Å². The average Bonchev–Trinajstić information content (AvgIpc) is 2.97. The minimum absolute atomic E-state index is 0.0618. The molecule has 26 heavy (non-hydrogen) atoms. The first kappa shape index (κ1) is 18.6. The molecule has 0 aliphatic rings. The van der Waals surface area contributed by atoms with Crippen LogP contribution in [0.5, 0.6) is 0 Å². The number of nitrogens with zero attached hydrogens (tertiary/aromatic N) is 3. The zero-order valence-corrected chi connectivity index (χ0v) is 16.4. The molecule has 0 atom stereocenters. The van der Waals surface area contributed by atoms with Gasteiger partial charge in [-0.2, -0.15) is 0 Å². The molecule has 0 amide bonds. The number of anilines is 2. The van der Waals surface area contributed by atoms with E-state index in [0.717, 1.165) is 10.6 Å². The largest absolute Gasteiger partial charge is 0.380 e.